The number of ether oxygens (including phenoxy) is 1. The molecule has 0 unspecified atom stereocenters. The molecule has 7 heteroatoms. The first-order valence-corrected chi connectivity index (χ1v) is 7.38. The minimum Gasteiger partial charge on any atom is -0.489 e. The summed E-state index contributed by atoms with van der Waals surface area (Å²) in [6.07, 6.45) is 3.47. The second-order valence-corrected chi connectivity index (χ2v) is 5.21. The van der Waals surface area contributed by atoms with E-state index >= 15 is 0 Å². The van der Waals surface area contributed by atoms with Crippen molar-refractivity contribution >= 4 is 22.4 Å². The Morgan fingerprint density at radius 2 is 2.09 bits per heavy atom. The van der Waals surface area contributed by atoms with Crippen LogP contribution in [0.5, 0.6) is 5.75 Å². The molecule has 2 aromatic heterocycles. The Labute approximate surface area is 130 Å². The summed E-state index contributed by atoms with van der Waals surface area (Å²) in [5.74, 6) is 0.465. The molecule has 2 heterocycles. The van der Waals surface area contributed by atoms with Crippen molar-refractivity contribution in [2.24, 2.45) is 0 Å². The summed E-state index contributed by atoms with van der Waals surface area (Å²) < 4.78 is 5.64. The maximum atomic E-state index is 12.0. The number of carbonyl (C=O) groups is 1. The fourth-order valence-electron chi connectivity index (χ4n) is 1.75. The summed E-state index contributed by atoms with van der Waals surface area (Å²) in [7, 11) is 0. The van der Waals surface area contributed by atoms with Crippen molar-refractivity contribution in [3.8, 4) is 5.75 Å². The van der Waals surface area contributed by atoms with Crippen LogP contribution in [0.25, 0.3) is 0 Å². The summed E-state index contributed by atoms with van der Waals surface area (Å²) in [6, 6.07) is 10.7. The van der Waals surface area contributed by atoms with Gasteiger partial charge < -0.3 is 4.74 Å². The van der Waals surface area contributed by atoms with Gasteiger partial charge in [0.1, 0.15) is 17.9 Å². The first-order valence-electron chi connectivity index (χ1n) is 6.50. The number of pyridine rings is 1. The van der Waals surface area contributed by atoms with E-state index in [0.29, 0.717) is 23.1 Å². The van der Waals surface area contributed by atoms with Crippen LogP contribution in [-0.2, 0) is 6.61 Å². The molecule has 0 spiro atoms. The number of hydrogen-bond donors (Lipinski definition) is 1. The van der Waals surface area contributed by atoms with E-state index in [0.717, 1.165) is 5.56 Å². The van der Waals surface area contributed by atoms with Gasteiger partial charge in [0.25, 0.3) is 5.91 Å². The number of anilines is 1. The molecule has 6 nitrogen and oxygen atoms in total. The molecule has 22 heavy (non-hydrogen) atoms. The highest BCUT2D eigenvalue weighted by atomic mass is 32.1. The van der Waals surface area contributed by atoms with Gasteiger partial charge in [0.2, 0.25) is 5.13 Å². The summed E-state index contributed by atoms with van der Waals surface area (Å²) in [4.78, 5) is 16.0. The van der Waals surface area contributed by atoms with E-state index in [-0.39, 0.29) is 5.91 Å². The quantitative estimate of drug-likeness (QED) is 0.784. The van der Waals surface area contributed by atoms with E-state index in [1.165, 1.54) is 11.3 Å². The second-order valence-electron chi connectivity index (χ2n) is 4.37. The smallest absolute Gasteiger partial charge is 0.257 e. The molecule has 0 aliphatic carbocycles. The van der Waals surface area contributed by atoms with Gasteiger partial charge in [0, 0.05) is 23.5 Å². The van der Waals surface area contributed by atoms with Crippen molar-refractivity contribution in [3.63, 3.8) is 0 Å². The first kappa shape index (κ1) is 14.2. The van der Waals surface area contributed by atoms with E-state index in [1.54, 1.807) is 42.2 Å². The highest BCUT2D eigenvalue weighted by molar-refractivity contribution is 7.13. The number of benzene rings is 1. The van der Waals surface area contributed by atoms with Crippen molar-refractivity contribution in [1.29, 1.82) is 0 Å². The molecule has 0 saturated carbocycles. The van der Waals surface area contributed by atoms with Gasteiger partial charge >= 0.3 is 0 Å². The molecule has 0 saturated heterocycles. The van der Waals surface area contributed by atoms with Gasteiger partial charge in [-0.2, -0.15) is 0 Å². The molecular weight excluding hydrogens is 300 g/mol. The Hall–Kier alpha value is -2.80. The van der Waals surface area contributed by atoms with Crippen molar-refractivity contribution in [2.75, 3.05) is 5.32 Å². The normalized spacial score (nSPS) is 10.2. The van der Waals surface area contributed by atoms with Gasteiger partial charge in [0.15, 0.2) is 0 Å². The monoisotopic (exact) mass is 312 g/mol. The third-order valence-electron chi connectivity index (χ3n) is 2.83. The Balaban J connectivity index is 1.59. The van der Waals surface area contributed by atoms with E-state index in [1.807, 2.05) is 12.1 Å². The largest absolute Gasteiger partial charge is 0.489 e. The number of rotatable bonds is 5. The van der Waals surface area contributed by atoms with E-state index in [4.69, 9.17) is 4.74 Å². The second kappa shape index (κ2) is 6.77. The molecule has 0 radical (unpaired) electrons. The van der Waals surface area contributed by atoms with Crippen LogP contribution < -0.4 is 10.1 Å². The zero-order chi connectivity index (χ0) is 15.2. The predicted molar refractivity (Wildman–Crippen MR) is 82.9 cm³/mol. The van der Waals surface area contributed by atoms with Crippen LogP contribution in [0.3, 0.4) is 0 Å². The van der Waals surface area contributed by atoms with Crippen molar-refractivity contribution < 1.29 is 9.53 Å². The standard InChI is InChI=1S/C15H12N4O2S/c20-14(18-15-19-17-10-22-15)12-3-5-13(6-4-12)21-9-11-2-1-7-16-8-11/h1-8,10H,9H2,(H,18,19,20). The number of hydrogen-bond acceptors (Lipinski definition) is 6. The van der Waals surface area contributed by atoms with Crippen LogP contribution in [0.2, 0.25) is 0 Å². The summed E-state index contributed by atoms with van der Waals surface area (Å²) >= 11 is 1.27. The minimum absolute atomic E-state index is 0.226. The highest BCUT2D eigenvalue weighted by Gasteiger charge is 2.08. The average molecular weight is 312 g/mol. The lowest BCUT2D eigenvalue weighted by Gasteiger charge is -2.07. The van der Waals surface area contributed by atoms with Gasteiger partial charge in [-0.05, 0) is 30.3 Å². The van der Waals surface area contributed by atoms with Crippen molar-refractivity contribution in [1.82, 2.24) is 15.2 Å². The first-order chi connectivity index (χ1) is 10.8. The summed E-state index contributed by atoms with van der Waals surface area (Å²) in [6.45, 7) is 0.435. The molecule has 0 fully saturated rings. The number of amides is 1. The third kappa shape index (κ3) is 3.64. The Kier molecular flexibility index (Phi) is 4.35. The van der Waals surface area contributed by atoms with Crippen LogP contribution in [-0.4, -0.2) is 21.1 Å². The van der Waals surface area contributed by atoms with Gasteiger partial charge in [-0.15, -0.1) is 10.2 Å². The van der Waals surface area contributed by atoms with Gasteiger partial charge in [-0.25, -0.2) is 0 Å². The van der Waals surface area contributed by atoms with Crippen LogP contribution in [0, 0.1) is 0 Å². The summed E-state index contributed by atoms with van der Waals surface area (Å²) in [5, 5.41) is 10.6. The molecule has 1 amide bonds. The van der Waals surface area contributed by atoms with E-state index in [2.05, 4.69) is 20.5 Å². The highest BCUT2D eigenvalue weighted by Crippen LogP contribution is 2.16. The lowest BCUT2D eigenvalue weighted by Crippen LogP contribution is -2.11. The van der Waals surface area contributed by atoms with Crippen LogP contribution in [0.15, 0.2) is 54.3 Å². The molecule has 3 aromatic rings. The molecule has 1 aromatic carbocycles. The van der Waals surface area contributed by atoms with Crippen molar-refractivity contribution in [2.45, 2.75) is 6.61 Å². The van der Waals surface area contributed by atoms with E-state index < -0.39 is 0 Å². The molecule has 0 aliphatic rings. The van der Waals surface area contributed by atoms with E-state index in [9.17, 15) is 4.79 Å². The van der Waals surface area contributed by atoms with Crippen LogP contribution >= 0.6 is 11.3 Å². The number of nitrogens with one attached hydrogen (secondary N) is 1. The molecule has 1 N–H and O–H groups in total. The minimum atomic E-state index is -0.226. The number of aromatic nitrogens is 3. The number of nitrogens with zero attached hydrogens (tertiary/aromatic N) is 3. The molecule has 0 aliphatic heterocycles. The maximum Gasteiger partial charge on any atom is 0.257 e. The Morgan fingerprint density at radius 1 is 1.23 bits per heavy atom. The van der Waals surface area contributed by atoms with Gasteiger partial charge in [-0.1, -0.05) is 17.4 Å². The van der Waals surface area contributed by atoms with Crippen LogP contribution in [0.4, 0.5) is 5.13 Å². The third-order valence-corrected chi connectivity index (χ3v) is 3.43. The fourth-order valence-corrected chi connectivity index (χ4v) is 2.19. The summed E-state index contributed by atoms with van der Waals surface area (Å²) in [5.41, 5.74) is 3.08. The molecular formula is C15H12N4O2S. The molecule has 110 valence electrons. The zero-order valence-electron chi connectivity index (χ0n) is 11.5. The lowest BCUT2D eigenvalue weighted by atomic mass is 10.2. The zero-order valence-corrected chi connectivity index (χ0v) is 12.3. The predicted octanol–water partition coefficient (Wildman–Crippen LogP) is 2.76. The Bertz CT molecular complexity index is 730. The molecule has 0 atom stereocenters. The van der Waals surface area contributed by atoms with Crippen molar-refractivity contribution in [3.05, 3.63) is 65.4 Å². The average Bonchev–Trinajstić information content (AvgIpc) is 3.07. The molecule has 3 rings (SSSR count). The number of carbonyl (C=O) groups excluding carboxylic acids is 1. The molecule has 0 bridgehead atoms. The SMILES string of the molecule is O=C(Nc1nncs1)c1ccc(OCc2cccnc2)cc1. The van der Waals surface area contributed by atoms with Crippen LogP contribution in [0.1, 0.15) is 15.9 Å². The fraction of sp³-hybridized carbons (Fsp3) is 0.0667. The topological polar surface area (TPSA) is 77.0 Å². The Morgan fingerprint density at radius 3 is 2.77 bits per heavy atom. The van der Waals surface area contributed by atoms with Gasteiger partial charge in [-0.3, -0.25) is 15.1 Å². The lowest BCUT2D eigenvalue weighted by molar-refractivity contribution is 0.102. The maximum absolute atomic E-state index is 12.0. The van der Waals surface area contributed by atoms with Gasteiger partial charge in [0.05, 0.1) is 0 Å².